The lowest BCUT2D eigenvalue weighted by atomic mass is 9.91. The summed E-state index contributed by atoms with van der Waals surface area (Å²) in [6.45, 7) is 1.83. The van der Waals surface area contributed by atoms with E-state index >= 15 is 0 Å². The van der Waals surface area contributed by atoms with Crippen LogP contribution in [0.2, 0.25) is 5.02 Å². The van der Waals surface area contributed by atoms with Crippen LogP contribution in [0.3, 0.4) is 0 Å². The molecule has 0 aromatic heterocycles. The number of urea groups is 1. The van der Waals surface area contributed by atoms with Crippen LogP contribution in [0, 0.1) is 3.57 Å². The number of benzene rings is 3. The highest BCUT2D eigenvalue weighted by Gasteiger charge is 2.47. The van der Waals surface area contributed by atoms with Gasteiger partial charge in [-0.15, -0.1) is 0 Å². The van der Waals surface area contributed by atoms with Gasteiger partial charge in [0.25, 0.3) is 5.91 Å². The number of imide groups is 1. The molecule has 0 bridgehead atoms. The van der Waals surface area contributed by atoms with Gasteiger partial charge in [-0.3, -0.25) is 9.59 Å². The normalized spacial score (nSPS) is 16.8. The molecule has 1 aliphatic heterocycles. The molecule has 0 spiro atoms. The maximum Gasteiger partial charge on any atom is 0.325 e. The van der Waals surface area contributed by atoms with Gasteiger partial charge in [0.05, 0.1) is 17.3 Å². The molecular weight excluding hydrogens is 609 g/mol. The fourth-order valence-corrected chi connectivity index (χ4v) is 5.11. The van der Waals surface area contributed by atoms with E-state index in [-0.39, 0.29) is 13.2 Å². The molecule has 1 fully saturated rings. The highest BCUT2D eigenvalue weighted by Crippen LogP contribution is 2.32. The number of halogens is 2. The molecule has 2 unspecified atom stereocenters. The van der Waals surface area contributed by atoms with Gasteiger partial charge in [-0.05, 0) is 64.0 Å². The minimum atomic E-state index is -1.14. The number of carbonyl (C=O) groups is 3. The van der Waals surface area contributed by atoms with Crippen molar-refractivity contribution in [1.29, 1.82) is 0 Å². The number of anilines is 1. The number of nitrogens with one attached hydrogen (secondary N) is 2. The Morgan fingerprint density at radius 3 is 2.49 bits per heavy atom. The zero-order chi connectivity index (χ0) is 26.5. The van der Waals surface area contributed by atoms with Crippen LogP contribution in [0.5, 0.6) is 5.75 Å². The van der Waals surface area contributed by atoms with Crippen molar-refractivity contribution in [3.63, 3.8) is 0 Å². The molecule has 10 heteroatoms. The number of rotatable bonds is 9. The molecule has 3 N–H and O–H groups in total. The molecule has 3 atom stereocenters. The summed E-state index contributed by atoms with van der Waals surface area (Å²) >= 11 is 8.45. The Morgan fingerprint density at radius 2 is 1.84 bits per heavy atom. The van der Waals surface area contributed by atoms with Crippen LogP contribution in [0.1, 0.15) is 30.0 Å². The maximum absolute atomic E-state index is 13.6. The minimum Gasteiger partial charge on any atom is -0.491 e. The van der Waals surface area contributed by atoms with Gasteiger partial charge in [-0.25, -0.2) is 9.69 Å². The second-order valence-corrected chi connectivity index (χ2v) is 10.1. The van der Waals surface area contributed by atoms with Gasteiger partial charge < -0.3 is 20.5 Å². The third-order valence-corrected chi connectivity index (χ3v) is 7.06. The van der Waals surface area contributed by atoms with Crippen LogP contribution in [0.25, 0.3) is 0 Å². The number of aliphatic hydroxyl groups excluding tert-OH is 1. The first-order chi connectivity index (χ1) is 17.8. The third kappa shape index (κ3) is 6.06. The molecule has 1 heterocycles. The van der Waals surface area contributed by atoms with Crippen LogP contribution in [0.4, 0.5) is 10.5 Å². The van der Waals surface area contributed by atoms with E-state index in [4.69, 9.17) is 21.4 Å². The van der Waals surface area contributed by atoms with Crippen molar-refractivity contribution in [2.45, 2.75) is 24.9 Å². The molecule has 37 heavy (non-hydrogen) atoms. The van der Waals surface area contributed by atoms with Gasteiger partial charge in [-0.1, -0.05) is 61.0 Å². The standard InChI is InChI=1S/C27H25ClIN3O5/c1-16(17-5-3-2-4-6-17)24(25(34)30-22-12-9-19(29)15-21(22)28)32-26(35)23(31-27(32)36)18-7-10-20(11-8-18)37-14-13-33/h2-12,15-16,23-24,33H,13-14H2,1H3,(H,30,34)(H,31,36)/t16?,23-,24?/m1/s1. The second-order valence-electron chi connectivity index (χ2n) is 8.49. The average molecular weight is 634 g/mol. The van der Waals surface area contributed by atoms with E-state index in [0.717, 1.165) is 14.0 Å². The molecular formula is C27H25ClIN3O5. The predicted molar refractivity (Wildman–Crippen MR) is 149 cm³/mol. The Morgan fingerprint density at radius 1 is 1.14 bits per heavy atom. The summed E-state index contributed by atoms with van der Waals surface area (Å²) in [6, 6.07) is 18.3. The molecule has 1 saturated heterocycles. The number of ether oxygens (including phenoxy) is 1. The summed E-state index contributed by atoms with van der Waals surface area (Å²) < 4.78 is 6.27. The summed E-state index contributed by atoms with van der Waals surface area (Å²) in [5.41, 5.74) is 1.73. The first-order valence-electron chi connectivity index (χ1n) is 11.6. The molecule has 0 aliphatic carbocycles. The number of carbonyl (C=O) groups excluding carboxylic acids is 3. The summed E-state index contributed by atoms with van der Waals surface area (Å²) in [4.78, 5) is 41.4. The zero-order valence-electron chi connectivity index (χ0n) is 19.9. The number of amides is 4. The average Bonchev–Trinajstić information content (AvgIpc) is 3.19. The van der Waals surface area contributed by atoms with E-state index in [1.807, 2.05) is 30.3 Å². The highest BCUT2D eigenvalue weighted by molar-refractivity contribution is 14.1. The van der Waals surface area contributed by atoms with E-state index in [1.54, 1.807) is 49.4 Å². The van der Waals surface area contributed by atoms with Crippen molar-refractivity contribution in [3.8, 4) is 5.75 Å². The van der Waals surface area contributed by atoms with Crippen molar-refractivity contribution in [2.75, 3.05) is 18.5 Å². The monoisotopic (exact) mass is 633 g/mol. The van der Waals surface area contributed by atoms with Crippen molar-refractivity contribution in [2.24, 2.45) is 0 Å². The van der Waals surface area contributed by atoms with E-state index < -0.39 is 35.8 Å². The van der Waals surface area contributed by atoms with E-state index in [9.17, 15) is 14.4 Å². The molecule has 0 saturated carbocycles. The van der Waals surface area contributed by atoms with Crippen LogP contribution in [-0.2, 0) is 9.59 Å². The van der Waals surface area contributed by atoms with Crippen molar-refractivity contribution >= 4 is 57.7 Å². The lowest BCUT2D eigenvalue weighted by Gasteiger charge is -2.30. The largest absolute Gasteiger partial charge is 0.491 e. The highest BCUT2D eigenvalue weighted by atomic mass is 127. The van der Waals surface area contributed by atoms with Crippen LogP contribution < -0.4 is 15.4 Å². The quantitative estimate of drug-likeness (QED) is 0.234. The smallest absolute Gasteiger partial charge is 0.325 e. The fourth-order valence-electron chi connectivity index (χ4n) is 4.21. The molecule has 1 aliphatic rings. The Kier molecular flexibility index (Phi) is 8.67. The van der Waals surface area contributed by atoms with Crippen LogP contribution in [-0.4, -0.2) is 47.1 Å². The Hall–Kier alpha value is -3.15. The minimum absolute atomic E-state index is 0.121. The first-order valence-corrected chi connectivity index (χ1v) is 13.0. The Balaban J connectivity index is 1.64. The van der Waals surface area contributed by atoms with E-state index in [0.29, 0.717) is 22.0 Å². The topological polar surface area (TPSA) is 108 Å². The van der Waals surface area contributed by atoms with Gasteiger partial charge in [0, 0.05) is 9.49 Å². The first kappa shape index (κ1) is 26.9. The maximum atomic E-state index is 13.6. The molecule has 192 valence electrons. The van der Waals surface area contributed by atoms with Crippen molar-refractivity contribution < 1.29 is 24.2 Å². The van der Waals surface area contributed by atoms with Crippen LogP contribution in [0.15, 0.2) is 72.8 Å². The van der Waals surface area contributed by atoms with Gasteiger partial charge in [0.1, 0.15) is 24.4 Å². The summed E-state index contributed by atoms with van der Waals surface area (Å²) in [6.07, 6.45) is 0. The third-order valence-electron chi connectivity index (χ3n) is 6.08. The molecule has 4 amide bonds. The number of nitrogens with zero attached hydrogens (tertiary/aromatic N) is 1. The molecule has 0 radical (unpaired) electrons. The van der Waals surface area contributed by atoms with Gasteiger partial charge in [0.2, 0.25) is 5.91 Å². The van der Waals surface area contributed by atoms with Crippen LogP contribution >= 0.6 is 34.2 Å². The van der Waals surface area contributed by atoms with E-state index in [2.05, 4.69) is 33.2 Å². The second kappa shape index (κ2) is 11.9. The molecule has 3 aromatic rings. The lowest BCUT2D eigenvalue weighted by Crippen LogP contribution is -2.50. The van der Waals surface area contributed by atoms with Crippen molar-refractivity contribution in [3.05, 3.63) is 92.5 Å². The summed E-state index contributed by atoms with van der Waals surface area (Å²) in [5, 5.41) is 14.8. The number of hydrogen-bond donors (Lipinski definition) is 3. The Labute approximate surface area is 233 Å². The zero-order valence-corrected chi connectivity index (χ0v) is 22.8. The van der Waals surface area contributed by atoms with Crippen molar-refractivity contribution in [1.82, 2.24) is 10.2 Å². The number of hydrogen-bond acceptors (Lipinski definition) is 5. The number of aliphatic hydroxyl groups is 1. The Bertz CT molecular complexity index is 1290. The summed E-state index contributed by atoms with van der Waals surface area (Å²) in [7, 11) is 0. The van der Waals surface area contributed by atoms with Gasteiger partial charge in [0.15, 0.2) is 0 Å². The SMILES string of the molecule is CC(c1ccccc1)C(C(=O)Nc1ccc(I)cc1Cl)N1C(=O)N[C@H](c2ccc(OCCO)cc2)C1=O. The van der Waals surface area contributed by atoms with Gasteiger partial charge in [-0.2, -0.15) is 0 Å². The predicted octanol–water partition coefficient (Wildman–Crippen LogP) is 4.72. The lowest BCUT2D eigenvalue weighted by molar-refractivity contribution is -0.134. The van der Waals surface area contributed by atoms with Gasteiger partial charge >= 0.3 is 6.03 Å². The molecule has 3 aromatic carbocycles. The molecule has 4 rings (SSSR count). The molecule has 8 nitrogen and oxygen atoms in total. The summed E-state index contributed by atoms with van der Waals surface area (Å²) in [5.74, 6) is -1.05. The fraction of sp³-hybridized carbons (Fsp3) is 0.222. The van der Waals surface area contributed by atoms with E-state index in [1.165, 1.54) is 0 Å².